The number of furan rings is 2. The number of benzene rings is 6. The van der Waals surface area contributed by atoms with Gasteiger partial charge in [0.1, 0.15) is 22.3 Å². The summed E-state index contributed by atoms with van der Waals surface area (Å²) in [6.07, 6.45) is 0. The molecule has 0 atom stereocenters. The highest BCUT2D eigenvalue weighted by Gasteiger charge is 2.21. The average molecular weight is 569 g/mol. The van der Waals surface area contributed by atoms with Gasteiger partial charge >= 0.3 is 0 Å². The summed E-state index contributed by atoms with van der Waals surface area (Å²) in [5.41, 5.74) is 7.27. The van der Waals surface area contributed by atoms with Gasteiger partial charge in [0.2, 0.25) is 0 Å². The van der Waals surface area contributed by atoms with E-state index in [9.17, 15) is 0 Å². The number of hydrogen-bond acceptors (Lipinski definition) is 2. The molecule has 0 N–H and O–H groups in total. The third-order valence-electron chi connectivity index (χ3n) is 8.09. The summed E-state index contributed by atoms with van der Waals surface area (Å²) in [5, 5.41) is 9.22. The van der Waals surface area contributed by atoms with Crippen molar-refractivity contribution in [3.05, 3.63) is 107 Å². The zero-order chi connectivity index (χ0) is 26.5. The molecule has 0 aliphatic heterocycles. The summed E-state index contributed by atoms with van der Waals surface area (Å²) < 4.78 is 14.1. The SMILES string of the molecule is CC(C)(C)c1ccc2oc3cc4c(cc3c2c1)oc1cccc(-c2c3ccccc3c(Br)c3ccccc23)c14. The van der Waals surface area contributed by atoms with E-state index in [2.05, 4.69) is 134 Å². The van der Waals surface area contributed by atoms with Crippen molar-refractivity contribution in [3.63, 3.8) is 0 Å². The number of halogens is 1. The lowest BCUT2D eigenvalue weighted by Gasteiger charge is -2.18. The monoisotopic (exact) mass is 568 g/mol. The van der Waals surface area contributed by atoms with Crippen LogP contribution in [0.15, 0.2) is 110 Å². The minimum absolute atomic E-state index is 0.0619. The Labute approximate surface area is 233 Å². The fraction of sp³-hybridized carbons (Fsp3) is 0.111. The summed E-state index contributed by atoms with van der Waals surface area (Å²) >= 11 is 3.90. The summed E-state index contributed by atoms with van der Waals surface area (Å²) in [7, 11) is 0. The van der Waals surface area contributed by atoms with E-state index in [0.717, 1.165) is 53.9 Å². The van der Waals surface area contributed by atoms with Gasteiger partial charge in [0.15, 0.2) is 0 Å². The molecule has 0 amide bonds. The van der Waals surface area contributed by atoms with Crippen LogP contribution in [0.5, 0.6) is 0 Å². The Balaban J connectivity index is 1.49. The maximum atomic E-state index is 6.54. The van der Waals surface area contributed by atoms with Gasteiger partial charge < -0.3 is 8.83 Å². The number of rotatable bonds is 1. The molecule has 0 aliphatic rings. The van der Waals surface area contributed by atoms with Crippen LogP contribution < -0.4 is 0 Å². The van der Waals surface area contributed by atoms with E-state index >= 15 is 0 Å². The standard InChI is InChI=1S/C36H25BrO2/c1-36(2,3)20-15-16-29-26(17-20)27-18-32-28(19-31(27)38-29)34-25(13-8-14-30(34)39-32)33-21-9-4-6-11-23(21)35(37)24-12-7-5-10-22(24)33/h4-19H,1-3H3. The molecule has 0 saturated carbocycles. The third-order valence-corrected chi connectivity index (χ3v) is 8.94. The van der Waals surface area contributed by atoms with Gasteiger partial charge in [0.25, 0.3) is 0 Å². The molecule has 8 aromatic rings. The summed E-state index contributed by atoms with van der Waals surface area (Å²) in [6, 6.07) is 34.5. The van der Waals surface area contributed by atoms with E-state index in [1.165, 1.54) is 32.7 Å². The van der Waals surface area contributed by atoms with Crippen LogP contribution >= 0.6 is 15.9 Å². The smallest absolute Gasteiger partial charge is 0.136 e. The van der Waals surface area contributed by atoms with Gasteiger partial charge in [-0.25, -0.2) is 0 Å². The third kappa shape index (κ3) is 3.26. The van der Waals surface area contributed by atoms with E-state index in [-0.39, 0.29) is 5.41 Å². The van der Waals surface area contributed by atoms with Crippen LogP contribution in [-0.2, 0) is 5.41 Å². The van der Waals surface area contributed by atoms with Crippen LogP contribution in [-0.4, -0.2) is 0 Å². The first-order valence-electron chi connectivity index (χ1n) is 13.3. The zero-order valence-electron chi connectivity index (χ0n) is 21.9. The topological polar surface area (TPSA) is 26.3 Å². The van der Waals surface area contributed by atoms with Crippen LogP contribution in [0, 0.1) is 0 Å². The molecule has 6 aromatic carbocycles. The van der Waals surface area contributed by atoms with Crippen LogP contribution in [0.3, 0.4) is 0 Å². The molecule has 2 aromatic heterocycles. The molecule has 2 heterocycles. The molecule has 0 unspecified atom stereocenters. The molecule has 39 heavy (non-hydrogen) atoms. The molecular formula is C36H25BrO2. The lowest BCUT2D eigenvalue weighted by Crippen LogP contribution is -2.10. The Kier molecular flexibility index (Phi) is 4.67. The van der Waals surface area contributed by atoms with Crippen molar-refractivity contribution in [1.29, 1.82) is 0 Å². The highest BCUT2D eigenvalue weighted by Crippen LogP contribution is 2.46. The van der Waals surface area contributed by atoms with Gasteiger partial charge in [-0.1, -0.05) is 87.5 Å². The minimum atomic E-state index is 0.0619. The van der Waals surface area contributed by atoms with Crippen molar-refractivity contribution in [3.8, 4) is 11.1 Å². The largest absolute Gasteiger partial charge is 0.456 e. The molecule has 0 fully saturated rings. The Morgan fingerprint density at radius 3 is 1.79 bits per heavy atom. The fourth-order valence-corrected chi connectivity index (χ4v) is 6.83. The maximum Gasteiger partial charge on any atom is 0.136 e. The van der Waals surface area contributed by atoms with Crippen LogP contribution in [0.25, 0.3) is 76.5 Å². The predicted molar refractivity (Wildman–Crippen MR) is 168 cm³/mol. The molecule has 0 saturated heterocycles. The number of fused-ring (bicyclic) bond motifs is 8. The van der Waals surface area contributed by atoms with E-state index in [1.54, 1.807) is 0 Å². The van der Waals surface area contributed by atoms with Gasteiger partial charge in [-0.15, -0.1) is 0 Å². The van der Waals surface area contributed by atoms with Crippen molar-refractivity contribution in [2.75, 3.05) is 0 Å². The van der Waals surface area contributed by atoms with Crippen molar-refractivity contribution in [1.82, 2.24) is 0 Å². The second-order valence-electron chi connectivity index (χ2n) is 11.5. The van der Waals surface area contributed by atoms with Gasteiger partial charge in [0, 0.05) is 26.0 Å². The first-order valence-corrected chi connectivity index (χ1v) is 14.1. The Hall–Kier alpha value is -4.08. The molecule has 188 valence electrons. The Morgan fingerprint density at radius 2 is 1.10 bits per heavy atom. The Bertz CT molecular complexity index is 2220. The molecule has 3 heteroatoms. The van der Waals surface area contributed by atoms with Crippen LogP contribution in [0.4, 0.5) is 0 Å². The molecular weight excluding hydrogens is 544 g/mol. The fourth-order valence-electron chi connectivity index (χ4n) is 6.14. The normalized spacial score (nSPS) is 12.6. The highest BCUT2D eigenvalue weighted by atomic mass is 79.9. The Morgan fingerprint density at radius 1 is 0.513 bits per heavy atom. The summed E-state index contributed by atoms with van der Waals surface area (Å²) in [5.74, 6) is 0. The van der Waals surface area contributed by atoms with E-state index in [1.807, 2.05) is 0 Å². The lowest BCUT2D eigenvalue weighted by molar-refractivity contribution is 0.590. The van der Waals surface area contributed by atoms with E-state index in [4.69, 9.17) is 8.83 Å². The second-order valence-corrected chi connectivity index (χ2v) is 12.3. The van der Waals surface area contributed by atoms with E-state index in [0.29, 0.717) is 0 Å². The van der Waals surface area contributed by atoms with Crippen LogP contribution in [0.2, 0.25) is 0 Å². The molecule has 0 aliphatic carbocycles. The summed E-state index contributed by atoms with van der Waals surface area (Å²) in [6.45, 7) is 6.72. The van der Waals surface area contributed by atoms with Gasteiger partial charge in [-0.3, -0.25) is 0 Å². The van der Waals surface area contributed by atoms with Gasteiger partial charge in [-0.05, 0) is 89.9 Å². The predicted octanol–water partition coefficient (Wildman–Crippen LogP) is 11.5. The van der Waals surface area contributed by atoms with Gasteiger partial charge in [-0.2, -0.15) is 0 Å². The van der Waals surface area contributed by atoms with Crippen molar-refractivity contribution < 1.29 is 8.83 Å². The number of hydrogen-bond donors (Lipinski definition) is 0. The van der Waals surface area contributed by atoms with Crippen LogP contribution in [0.1, 0.15) is 26.3 Å². The second kappa shape index (κ2) is 7.97. The first-order chi connectivity index (χ1) is 18.9. The maximum absolute atomic E-state index is 6.54. The van der Waals surface area contributed by atoms with Gasteiger partial charge in [0.05, 0.1) is 0 Å². The van der Waals surface area contributed by atoms with Crippen molar-refractivity contribution in [2.45, 2.75) is 26.2 Å². The molecule has 0 spiro atoms. The molecule has 0 bridgehead atoms. The zero-order valence-corrected chi connectivity index (χ0v) is 23.5. The lowest BCUT2D eigenvalue weighted by atomic mass is 9.86. The first kappa shape index (κ1) is 22.9. The van der Waals surface area contributed by atoms with Crippen molar-refractivity contribution in [2.24, 2.45) is 0 Å². The molecule has 2 nitrogen and oxygen atoms in total. The quantitative estimate of drug-likeness (QED) is 0.184. The highest BCUT2D eigenvalue weighted by molar-refractivity contribution is 9.10. The summed E-state index contributed by atoms with van der Waals surface area (Å²) in [4.78, 5) is 0. The molecule has 8 rings (SSSR count). The average Bonchev–Trinajstić information content (AvgIpc) is 3.48. The van der Waals surface area contributed by atoms with Crippen molar-refractivity contribution >= 4 is 81.4 Å². The molecule has 0 radical (unpaired) electrons. The van der Waals surface area contributed by atoms with E-state index < -0.39 is 0 Å². The minimum Gasteiger partial charge on any atom is -0.456 e.